The first kappa shape index (κ1) is 114. The van der Waals surface area contributed by atoms with E-state index < -0.39 is 36.7 Å². The van der Waals surface area contributed by atoms with Crippen molar-refractivity contribution in [3.05, 3.63) is 244 Å². The zero-order valence-corrected chi connectivity index (χ0v) is 93.2. The molecule has 20 rings (SSSR count). The van der Waals surface area contributed by atoms with Gasteiger partial charge in [0.05, 0.1) is 145 Å². The van der Waals surface area contributed by atoms with E-state index in [0.29, 0.717) is 147 Å². The molecule has 0 aliphatic carbocycles. The van der Waals surface area contributed by atoms with Crippen LogP contribution in [0.3, 0.4) is 0 Å². The standard InChI is InChI=1S/C38H40O6.C37H40O7.C18H40O6Si3.C15H26O6.C9H16O4/c1-37(2,27-8-14-31(15-9-27)39-20-34-23-42-34)26-4-6-28(7-5-26)38(3,29-10-16-32(17-11-29)40-21-35-24-43-35)30-12-18-33(19-13-30)41-22-36-25-44-36;1-36(2,27-9-17-32(18-10-27)43-34-23-41-34)25-5-13-30(14-6-25)39-21-29(38)22-40-31-15-7-26(8-16-31)37(3,4)28-11-19-33(20-12-28)44-35-24-42-35;1-25(2,11-7-9-19-13-17-15-21-17)23-27(5,6)24-26(3,4)12-8-10-20-14-18-16-22-18;1-2-15(9-16-3-12-6-19-12,10-17-4-13-7-20-13)11-18-5-14-8-21-14;1-7(11-4-9-6-13-9)2-10-3-8-5-12-8/h4-19,34-36H,20-25H2,1-3H3;5-20,29,34-35,38H,21-24H2,1-4H3;17-18H,7-16H2,1-6H3;12-14H,2-11H2,1H3;7-9H,2-6H2,1H3. The van der Waals surface area contributed by atoms with Crippen molar-refractivity contribution in [3.63, 3.8) is 0 Å². The summed E-state index contributed by atoms with van der Waals surface area (Å²) in [5, 5.41) is 10.5. The molecule has 8 aromatic rings. The molecule has 12 heterocycles. The summed E-state index contributed by atoms with van der Waals surface area (Å²) in [5.41, 5.74) is 9.69. The third-order valence-corrected chi connectivity index (χ3v) is 39.6. The Labute approximate surface area is 885 Å². The number of epoxide rings is 12. The van der Waals surface area contributed by atoms with E-state index in [1.165, 1.54) is 38.9 Å². The molecule has 0 saturated carbocycles. The molecule has 12 fully saturated rings. The average molecular weight is 2120 g/mol. The van der Waals surface area contributed by atoms with Crippen molar-refractivity contribution in [2.45, 2.75) is 240 Å². The summed E-state index contributed by atoms with van der Waals surface area (Å²) in [4.78, 5) is 0. The summed E-state index contributed by atoms with van der Waals surface area (Å²) in [6.45, 7) is 54.1. The van der Waals surface area contributed by atoms with Gasteiger partial charge in [0.1, 0.15) is 154 Å². The molecule has 0 spiro atoms. The number of benzene rings is 8. The summed E-state index contributed by atoms with van der Waals surface area (Å²) in [6.07, 6.45) is 5.21. The Morgan fingerprint density at radius 3 is 0.799 bits per heavy atom. The van der Waals surface area contributed by atoms with Gasteiger partial charge in [0, 0.05) is 40.3 Å². The lowest BCUT2D eigenvalue weighted by atomic mass is 9.70. The minimum atomic E-state index is -2.13. The van der Waals surface area contributed by atoms with Gasteiger partial charge in [-0.1, -0.05) is 158 Å². The smallest absolute Gasteiger partial charge is 0.311 e. The molecular formula is C117H162O29Si3. The Morgan fingerprint density at radius 1 is 0.289 bits per heavy atom. The fourth-order valence-corrected chi connectivity index (χ4v) is 31.4. The van der Waals surface area contributed by atoms with Gasteiger partial charge < -0.3 is 136 Å². The van der Waals surface area contributed by atoms with Crippen molar-refractivity contribution in [1.82, 2.24) is 0 Å². The number of aliphatic hydroxyl groups is 1. The third kappa shape index (κ3) is 39.5. The Morgan fingerprint density at radius 2 is 0.523 bits per heavy atom. The van der Waals surface area contributed by atoms with Gasteiger partial charge in [0.2, 0.25) is 12.6 Å². The second-order valence-corrected chi connectivity index (χ2v) is 56.8. The van der Waals surface area contributed by atoms with Crippen molar-refractivity contribution < 1.29 is 136 Å². The van der Waals surface area contributed by atoms with Gasteiger partial charge in [0.15, 0.2) is 16.6 Å². The fourth-order valence-electron chi connectivity index (χ4n) is 17.4. The zero-order chi connectivity index (χ0) is 104. The van der Waals surface area contributed by atoms with Crippen molar-refractivity contribution in [2.75, 3.05) is 198 Å². The van der Waals surface area contributed by atoms with Crippen LogP contribution in [0.15, 0.2) is 194 Å². The van der Waals surface area contributed by atoms with Gasteiger partial charge in [-0.25, -0.2) is 0 Å². The van der Waals surface area contributed by atoms with Crippen molar-refractivity contribution in [3.8, 4) is 40.2 Å². The summed E-state index contributed by atoms with van der Waals surface area (Å²) in [7, 11) is -5.61. The lowest BCUT2D eigenvalue weighted by Gasteiger charge is -2.38. The van der Waals surface area contributed by atoms with Crippen molar-refractivity contribution in [2.24, 2.45) is 5.41 Å². The molecule has 0 amide bonds. The lowest BCUT2D eigenvalue weighted by Crippen LogP contribution is -2.52. The summed E-state index contributed by atoms with van der Waals surface area (Å²) in [6, 6.07) is 69.0. The van der Waals surface area contributed by atoms with Gasteiger partial charge in [-0.15, -0.1) is 0 Å². The molecule has 32 heteroatoms. The van der Waals surface area contributed by atoms with E-state index in [2.05, 4.69) is 240 Å². The Bertz CT molecular complexity index is 4990. The largest absolute Gasteiger partial charge is 0.491 e. The predicted octanol–water partition coefficient (Wildman–Crippen LogP) is 17.9. The number of ether oxygens (including phenoxy) is 26. The topological polar surface area (TPSA) is 318 Å². The highest BCUT2D eigenvalue weighted by molar-refractivity contribution is 6.87. The van der Waals surface area contributed by atoms with E-state index in [1.54, 1.807) is 0 Å². The molecule has 12 aliphatic rings. The molecule has 8 aromatic carbocycles. The molecule has 0 aromatic heterocycles. The number of hydrogen-bond acceptors (Lipinski definition) is 29. The van der Waals surface area contributed by atoms with Crippen LogP contribution in [0.25, 0.3) is 0 Å². The van der Waals surface area contributed by atoms with Crippen LogP contribution in [0.2, 0.25) is 51.4 Å². The molecule has 816 valence electrons. The third-order valence-electron chi connectivity index (χ3n) is 28.2. The molecular weight excluding hydrogens is 1950 g/mol. The van der Waals surface area contributed by atoms with Crippen LogP contribution in [0.5, 0.6) is 40.2 Å². The molecule has 29 nitrogen and oxygen atoms in total. The quantitative estimate of drug-likeness (QED) is 0.0160. The lowest BCUT2D eigenvalue weighted by molar-refractivity contribution is -0.0762. The van der Waals surface area contributed by atoms with E-state index in [-0.39, 0.29) is 71.9 Å². The first-order valence-electron chi connectivity index (χ1n) is 53.6. The molecule has 1 N–H and O–H groups in total. The molecule has 13 unspecified atom stereocenters. The van der Waals surface area contributed by atoms with E-state index in [1.807, 2.05) is 55.5 Å². The summed E-state index contributed by atoms with van der Waals surface area (Å²) in [5.74, 6) is 5.60. The maximum absolute atomic E-state index is 10.5. The monoisotopic (exact) mass is 2120 g/mol. The van der Waals surface area contributed by atoms with Gasteiger partial charge in [0.25, 0.3) is 0 Å². The van der Waals surface area contributed by atoms with Crippen LogP contribution in [-0.4, -0.2) is 314 Å². The van der Waals surface area contributed by atoms with Crippen LogP contribution < -0.4 is 33.2 Å². The molecule has 12 saturated heterocycles. The van der Waals surface area contributed by atoms with Gasteiger partial charge >= 0.3 is 8.56 Å². The zero-order valence-electron chi connectivity index (χ0n) is 90.2. The molecule has 0 radical (unpaired) electrons. The highest BCUT2D eigenvalue weighted by Crippen LogP contribution is 2.44. The fraction of sp³-hybridized carbons (Fsp3) is 0.590. The van der Waals surface area contributed by atoms with E-state index >= 15 is 0 Å². The Balaban J connectivity index is 0.000000140. The predicted molar refractivity (Wildman–Crippen MR) is 572 cm³/mol. The second-order valence-electron chi connectivity index (χ2n) is 44.3. The maximum atomic E-state index is 10.5. The number of rotatable bonds is 64. The van der Waals surface area contributed by atoms with Crippen molar-refractivity contribution >= 4 is 25.2 Å². The van der Waals surface area contributed by atoms with Crippen LogP contribution in [0, 0.1) is 5.41 Å². The Hall–Kier alpha value is -7.87. The summed E-state index contributed by atoms with van der Waals surface area (Å²) < 4.78 is 156. The maximum Gasteiger partial charge on any atom is 0.311 e. The highest BCUT2D eigenvalue weighted by Gasteiger charge is 2.43. The van der Waals surface area contributed by atoms with Crippen LogP contribution in [0.1, 0.15) is 132 Å². The SMILES string of the molecule is CC(C)(c1ccc(OCC(O)COc2ccc(C(C)(C)c3ccc(OC4CO4)cc3)cc2)cc1)c1ccc(OC2CO2)cc1.CC(C)(c1ccc(OCC2CO2)cc1)c1ccc(C(C)(c2ccc(OCC3CO3)cc2)c2ccc(OCC3CO3)cc2)cc1.CC(COCC1CO1)OCC1CO1.CCC(COCC1CO1)(COCC1CO1)COCC1CO1.C[Si](C)(CCCOCC1CO1)O[Si](C)(C)O[Si](C)(C)CCCOCC1CO1. The van der Waals surface area contributed by atoms with Gasteiger partial charge in [-0.2, -0.15) is 0 Å². The normalized spacial score (nSPS) is 23.4. The first-order chi connectivity index (χ1) is 71.7. The van der Waals surface area contributed by atoms with E-state index in [0.717, 1.165) is 164 Å². The molecule has 12 aliphatic heterocycles. The van der Waals surface area contributed by atoms with Crippen molar-refractivity contribution in [1.29, 1.82) is 0 Å². The van der Waals surface area contributed by atoms with E-state index in [9.17, 15) is 5.11 Å². The minimum absolute atomic E-state index is 0.0985. The van der Waals surface area contributed by atoms with E-state index in [4.69, 9.17) is 131 Å². The first-order valence-corrected chi connectivity index (χ1v) is 62.7. The Kier molecular flexibility index (Phi) is 40.8. The summed E-state index contributed by atoms with van der Waals surface area (Å²) >= 11 is 0. The molecule has 13 atom stereocenters. The second kappa shape index (κ2) is 53.5. The highest BCUT2D eigenvalue weighted by atomic mass is 28.5. The molecule has 0 bridgehead atoms. The van der Waals surface area contributed by atoms with Crippen LogP contribution >= 0.6 is 0 Å². The van der Waals surface area contributed by atoms with Crippen LogP contribution in [0.4, 0.5) is 0 Å². The van der Waals surface area contributed by atoms with Crippen LogP contribution in [-0.2, 0) is 120 Å². The molecule has 149 heavy (non-hydrogen) atoms. The number of hydrogen-bond donors (Lipinski definition) is 1. The minimum Gasteiger partial charge on any atom is -0.491 e. The van der Waals surface area contributed by atoms with Gasteiger partial charge in [-0.3, -0.25) is 0 Å². The number of aliphatic hydroxyl groups excluding tert-OH is 1. The van der Waals surface area contributed by atoms with Gasteiger partial charge in [-0.05, 0) is 219 Å². The average Bonchev–Trinajstić information content (AvgIpc) is 1.39.